The van der Waals surface area contributed by atoms with Crippen LogP contribution in [0.5, 0.6) is 0 Å². The molecule has 2 fully saturated rings. The molecule has 3 N–H and O–H groups in total. The van der Waals surface area contributed by atoms with Crippen LogP contribution in [0.1, 0.15) is 32.6 Å². The quantitative estimate of drug-likeness (QED) is 0.726. The highest BCUT2D eigenvalue weighted by molar-refractivity contribution is 5.83. The van der Waals surface area contributed by atoms with Gasteiger partial charge in [0.15, 0.2) is 0 Å². The SMILES string of the molecule is CC[C@@H]1C[C@H]1CN1CCC(O)(C(N)=O)CC1. The van der Waals surface area contributed by atoms with Crippen LogP contribution in [-0.2, 0) is 4.79 Å². The van der Waals surface area contributed by atoms with Crippen molar-refractivity contribution in [1.82, 2.24) is 4.90 Å². The molecule has 1 aliphatic heterocycles. The molecule has 0 aromatic rings. The predicted molar refractivity (Wildman–Crippen MR) is 61.7 cm³/mol. The van der Waals surface area contributed by atoms with E-state index >= 15 is 0 Å². The third-order valence-corrected chi connectivity index (χ3v) is 4.23. The van der Waals surface area contributed by atoms with Crippen LogP contribution in [0.4, 0.5) is 0 Å². The van der Waals surface area contributed by atoms with Gasteiger partial charge in [0.1, 0.15) is 5.60 Å². The van der Waals surface area contributed by atoms with E-state index in [0.717, 1.165) is 31.5 Å². The summed E-state index contributed by atoms with van der Waals surface area (Å²) in [5.74, 6) is 1.20. The molecule has 0 aromatic carbocycles. The molecule has 0 radical (unpaired) electrons. The summed E-state index contributed by atoms with van der Waals surface area (Å²) >= 11 is 0. The Labute approximate surface area is 96.8 Å². The maximum Gasteiger partial charge on any atom is 0.249 e. The summed E-state index contributed by atoms with van der Waals surface area (Å²) in [6.45, 7) is 4.97. The zero-order chi connectivity index (χ0) is 11.8. The summed E-state index contributed by atoms with van der Waals surface area (Å²) < 4.78 is 0. The van der Waals surface area contributed by atoms with Gasteiger partial charge in [-0.25, -0.2) is 0 Å². The second-order valence-corrected chi connectivity index (χ2v) is 5.36. The third kappa shape index (κ3) is 2.38. The first-order chi connectivity index (χ1) is 7.55. The topological polar surface area (TPSA) is 66.6 Å². The monoisotopic (exact) mass is 226 g/mol. The zero-order valence-electron chi connectivity index (χ0n) is 9.98. The molecule has 0 spiro atoms. The molecular weight excluding hydrogens is 204 g/mol. The number of amides is 1. The smallest absolute Gasteiger partial charge is 0.249 e. The number of nitrogens with two attached hydrogens (primary N) is 1. The van der Waals surface area contributed by atoms with Crippen molar-refractivity contribution in [3.63, 3.8) is 0 Å². The molecular formula is C12H22N2O2. The van der Waals surface area contributed by atoms with E-state index in [4.69, 9.17) is 5.73 Å². The highest BCUT2D eigenvalue weighted by Crippen LogP contribution is 2.41. The Bertz CT molecular complexity index is 272. The van der Waals surface area contributed by atoms with Gasteiger partial charge in [0.2, 0.25) is 5.91 Å². The summed E-state index contributed by atoms with van der Waals surface area (Å²) in [4.78, 5) is 13.4. The molecule has 1 amide bonds. The maximum absolute atomic E-state index is 11.1. The second kappa shape index (κ2) is 4.34. The minimum atomic E-state index is -1.25. The van der Waals surface area contributed by atoms with E-state index in [1.54, 1.807) is 0 Å². The van der Waals surface area contributed by atoms with Crippen LogP contribution in [0, 0.1) is 11.8 Å². The lowest BCUT2D eigenvalue weighted by Gasteiger charge is -2.36. The first kappa shape index (κ1) is 11.9. The lowest BCUT2D eigenvalue weighted by molar-refractivity contribution is -0.141. The van der Waals surface area contributed by atoms with Crippen molar-refractivity contribution >= 4 is 5.91 Å². The van der Waals surface area contributed by atoms with Gasteiger partial charge in [-0.05, 0) is 31.1 Å². The summed E-state index contributed by atoms with van der Waals surface area (Å²) in [5.41, 5.74) is 3.95. The molecule has 0 aromatic heterocycles. The van der Waals surface area contributed by atoms with Gasteiger partial charge >= 0.3 is 0 Å². The summed E-state index contributed by atoms with van der Waals surface area (Å²) in [6, 6.07) is 0. The van der Waals surface area contributed by atoms with Gasteiger partial charge in [0.25, 0.3) is 0 Å². The first-order valence-corrected chi connectivity index (χ1v) is 6.30. The van der Waals surface area contributed by atoms with E-state index in [9.17, 15) is 9.90 Å². The van der Waals surface area contributed by atoms with E-state index in [1.807, 2.05) is 0 Å². The number of rotatable bonds is 4. The zero-order valence-corrected chi connectivity index (χ0v) is 9.98. The van der Waals surface area contributed by atoms with Crippen molar-refractivity contribution in [2.45, 2.75) is 38.2 Å². The van der Waals surface area contributed by atoms with Crippen molar-refractivity contribution in [2.75, 3.05) is 19.6 Å². The molecule has 4 nitrogen and oxygen atoms in total. The van der Waals surface area contributed by atoms with Crippen molar-refractivity contribution in [3.8, 4) is 0 Å². The van der Waals surface area contributed by atoms with Gasteiger partial charge in [-0.3, -0.25) is 4.79 Å². The Balaban J connectivity index is 1.75. The molecule has 2 aliphatic rings. The van der Waals surface area contributed by atoms with Gasteiger partial charge in [-0.2, -0.15) is 0 Å². The van der Waals surface area contributed by atoms with Gasteiger partial charge in [0.05, 0.1) is 0 Å². The second-order valence-electron chi connectivity index (χ2n) is 5.36. The number of hydrogen-bond donors (Lipinski definition) is 2. The molecule has 1 saturated heterocycles. The van der Waals surface area contributed by atoms with E-state index in [2.05, 4.69) is 11.8 Å². The standard InChI is InChI=1S/C12H22N2O2/c1-2-9-7-10(9)8-14-5-3-12(16,4-6-14)11(13)15/h9-10,16H,2-8H2,1H3,(H2,13,15)/t9-,10+/m1/s1. The van der Waals surface area contributed by atoms with Crippen LogP contribution >= 0.6 is 0 Å². The largest absolute Gasteiger partial charge is 0.380 e. The minimum absolute atomic E-state index is 0.492. The number of likely N-dealkylation sites (tertiary alicyclic amines) is 1. The van der Waals surface area contributed by atoms with Crippen LogP contribution in [-0.4, -0.2) is 41.1 Å². The molecule has 92 valence electrons. The van der Waals surface area contributed by atoms with Crippen LogP contribution < -0.4 is 5.73 Å². The molecule has 1 heterocycles. The van der Waals surface area contributed by atoms with Crippen LogP contribution in [0.2, 0.25) is 0 Å². The van der Waals surface area contributed by atoms with Crippen LogP contribution in [0.3, 0.4) is 0 Å². The predicted octanol–water partition coefficient (Wildman–Crippen LogP) is 0.345. The average Bonchev–Trinajstić information content (AvgIpc) is 3.00. The normalized spacial score (nSPS) is 33.6. The number of primary amides is 1. The van der Waals surface area contributed by atoms with E-state index in [1.165, 1.54) is 12.8 Å². The lowest BCUT2D eigenvalue weighted by Crippen LogP contribution is -2.52. The van der Waals surface area contributed by atoms with Crippen molar-refractivity contribution in [3.05, 3.63) is 0 Å². The number of aliphatic hydroxyl groups is 1. The van der Waals surface area contributed by atoms with E-state index < -0.39 is 11.5 Å². The fraction of sp³-hybridized carbons (Fsp3) is 0.917. The molecule has 2 rings (SSSR count). The van der Waals surface area contributed by atoms with Gasteiger partial charge < -0.3 is 15.7 Å². The number of hydrogen-bond acceptors (Lipinski definition) is 3. The van der Waals surface area contributed by atoms with Gasteiger partial charge in [-0.1, -0.05) is 13.3 Å². The van der Waals surface area contributed by atoms with Crippen molar-refractivity contribution in [2.24, 2.45) is 17.6 Å². The molecule has 0 bridgehead atoms. The molecule has 0 unspecified atom stereocenters. The summed E-state index contributed by atoms with van der Waals surface area (Å²) in [6.07, 6.45) is 3.62. The van der Waals surface area contributed by atoms with Gasteiger partial charge in [0, 0.05) is 19.6 Å². The summed E-state index contributed by atoms with van der Waals surface area (Å²) in [5, 5.41) is 9.91. The number of carbonyl (C=O) groups is 1. The maximum atomic E-state index is 11.1. The Morgan fingerprint density at radius 3 is 2.50 bits per heavy atom. The average molecular weight is 226 g/mol. The Morgan fingerprint density at radius 2 is 2.06 bits per heavy atom. The van der Waals surface area contributed by atoms with Gasteiger partial charge in [-0.15, -0.1) is 0 Å². The van der Waals surface area contributed by atoms with Crippen molar-refractivity contribution in [1.29, 1.82) is 0 Å². The van der Waals surface area contributed by atoms with E-state index in [0.29, 0.717) is 12.8 Å². The Hall–Kier alpha value is -0.610. The van der Waals surface area contributed by atoms with Crippen molar-refractivity contribution < 1.29 is 9.90 Å². The molecule has 1 saturated carbocycles. The lowest BCUT2D eigenvalue weighted by atomic mass is 9.90. The molecule has 1 aliphatic carbocycles. The molecule has 4 heteroatoms. The van der Waals surface area contributed by atoms with E-state index in [-0.39, 0.29) is 0 Å². The number of piperidine rings is 1. The fourth-order valence-electron chi connectivity index (χ4n) is 2.72. The summed E-state index contributed by atoms with van der Waals surface area (Å²) in [7, 11) is 0. The Morgan fingerprint density at radius 1 is 1.44 bits per heavy atom. The van der Waals surface area contributed by atoms with Crippen LogP contribution in [0.15, 0.2) is 0 Å². The number of carbonyl (C=O) groups excluding carboxylic acids is 1. The minimum Gasteiger partial charge on any atom is -0.380 e. The Kier molecular flexibility index (Phi) is 3.22. The van der Waals surface area contributed by atoms with Crippen LogP contribution in [0.25, 0.3) is 0 Å². The molecule has 16 heavy (non-hydrogen) atoms. The highest BCUT2D eigenvalue weighted by Gasteiger charge is 2.41. The molecule has 2 atom stereocenters. The fourth-order valence-corrected chi connectivity index (χ4v) is 2.72. The highest BCUT2D eigenvalue weighted by atomic mass is 16.3. The number of nitrogens with zero attached hydrogens (tertiary/aromatic N) is 1. The third-order valence-electron chi connectivity index (χ3n) is 4.23. The first-order valence-electron chi connectivity index (χ1n) is 6.30.